The van der Waals surface area contributed by atoms with Gasteiger partial charge >= 0.3 is 0 Å². The number of carbonyl (C=O) groups is 4. The second-order valence-electron chi connectivity index (χ2n) is 6.17. The van der Waals surface area contributed by atoms with E-state index in [9.17, 15) is 19.2 Å². The molecule has 1 aromatic rings. The van der Waals surface area contributed by atoms with Crippen LogP contribution in [0.4, 0.5) is 5.69 Å². The molecule has 190 valence electrons. The van der Waals surface area contributed by atoms with Crippen molar-refractivity contribution in [3.05, 3.63) is 29.8 Å². The molecule has 0 saturated carbocycles. The van der Waals surface area contributed by atoms with Crippen molar-refractivity contribution in [1.29, 1.82) is 0 Å². The summed E-state index contributed by atoms with van der Waals surface area (Å²) in [6.45, 7) is 9.29. The molecule has 0 radical (unpaired) electrons. The van der Waals surface area contributed by atoms with E-state index in [4.69, 9.17) is 0 Å². The van der Waals surface area contributed by atoms with Crippen molar-refractivity contribution in [2.75, 3.05) is 32.5 Å². The average molecular weight is 470 g/mol. The summed E-state index contributed by atoms with van der Waals surface area (Å²) in [5.41, 5.74) is 5.85. The van der Waals surface area contributed by atoms with E-state index in [1.807, 2.05) is 13.8 Å². The van der Waals surface area contributed by atoms with Crippen LogP contribution in [0.3, 0.4) is 0 Å². The molecule has 0 aromatic heterocycles. The van der Waals surface area contributed by atoms with Crippen LogP contribution >= 0.6 is 0 Å². The molecular formula is C23H43N5O5. The summed E-state index contributed by atoms with van der Waals surface area (Å²) in [5, 5.41) is 10.6. The first-order valence-electron chi connectivity index (χ1n) is 11.2. The molecule has 0 aliphatic carbocycles. The van der Waals surface area contributed by atoms with E-state index >= 15 is 0 Å². The quantitative estimate of drug-likeness (QED) is 0.217. The van der Waals surface area contributed by atoms with Crippen LogP contribution in [0, 0.1) is 0 Å². The second kappa shape index (κ2) is 27.1. The Labute approximate surface area is 198 Å². The molecule has 3 amide bonds. The fraction of sp³-hybridized carbons (Fsp3) is 0.565. The first kappa shape index (κ1) is 34.6. The number of hydrogen-bond donors (Lipinski definition) is 5. The van der Waals surface area contributed by atoms with Gasteiger partial charge in [0.1, 0.15) is 12.6 Å². The first-order chi connectivity index (χ1) is 16.0. The Kier molecular flexibility index (Phi) is 28.4. The standard InChI is InChI=1S/C17H24N4O5.C3H8.C2H6.CH5N/c1-18-9-16(24)21-15(3-2-8-19-11-22)17(25)20-14-6-4-13(5-7-14)10-26-12-23;1-3-2;2*1-2/h4-7,11-12,15,18H,2-3,8-10H2,1H3,(H,19,22)(H,20,25)(H,21,24);3H2,1-2H3;1-2H3;2H2,1H3. The molecule has 0 spiro atoms. The van der Waals surface area contributed by atoms with E-state index in [1.54, 1.807) is 31.3 Å². The van der Waals surface area contributed by atoms with Gasteiger partial charge in [-0.15, -0.1) is 0 Å². The lowest BCUT2D eigenvalue weighted by molar-refractivity contribution is -0.129. The van der Waals surface area contributed by atoms with Crippen LogP contribution in [0.1, 0.15) is 52.5 Å². The Morgan fingerprint density at radius 3 is 2.15 bits per heavy atom. The number of benzene rings is 1. The van der Waals surface area contributed by atoms with Gasteiger partial charge in [0.2, 0.25) is 18.2 Å². The Morgan fingerprint density at radius 1 is 1.09 bits per heavy atom. The second-order valence-corrected chi connectivity index (χ2v) is 6.17. The minimum Gasteiger partial charge on any atom is -0.463 e. The van der Waals surface area contributed by atoms with Crippen LogP contribution in [0.25, 0.3) is 0 Å². The van der Waals surface area contributed by atoms with Gasteiger partial charge in [-0.3, -0.25) is 19.2 Å². The lowest BCUT2D eigenvalue weighted by Gasteiger charge is -2.18. The maximum Gasteiger partial charge on any atom is 0.293 e. The summed E-state index contributed by atoms with van der Waals surface area (Å²) in [7, 11) is 3.14. The predicted octanol–water partition coefficient (Wildman–Crippen LogP) is 1.55. The number of likely N-dealkylation sites (N-methyl/N-ethyl adjacent to an activating group) is 1. The molecule has 10 nitrogen and oxygen atoms in total. The van der Waals surface area contributed by atoms with Gasteiger partial charge in [-0.25, -0.2) is 0 Å². The summed E-state index contributed by atoms with van der Waals surface area (Å²) in [6, 6.07) is 6.09. The third-order valence-electron chi connectivity index (χ3n) is 3.43. The monoisotopic (exact) mass is 469 g/mol. The van der Waals surface area contributed by atoms with Gasteiger partial charge in [-0.1, -0.05) is 46.2 Å². The molecular weight excluding hydrogens is 426 g/mol. The van der Waals surface area contributed by atoms with Gasteiger partial charge < -0.3 is 31.7 Å². The highest BCUT2D eigenvalue weighted by Gasteiger charge is 2.20. The number of rotatable bonds is 13. The highest BCUT2D eigenvalue weighted by Crippen LogP contribution is 2.11. The number of nitrogens with one attached hydrogen (secondary N) is 4. The number of amides is 3. The summed E-state index contributed by atoms with van der Waals surface area (Å²) < 4.78 is 4.66. The summed E-state index contributed by atoms with van der Waals surface area (Å²) >= 11 is 0. The van der Waals surface area contributed by atoms with E-state index in [-0.39, 0.29) is 25.0 Å². The molecule has 0 aliphatic heterocycles. The first-order valence-corrected chi connectivity index (χ1v) is 11.2. The molecule has 1 aromatic carbocycles. The maximum atomic E-state index is 12.5. The van der Waals surface area contributed by atoms with Gasteiger partial charge in [-0.05, 0) is 44.6 Å². The molecule has 10 heteroatoms. The predicted molar refractivity (Wildman–Crippen MR) is 133 cm³/mol. The van der Waals surface area contributed by atoms with E-state index < -0.39 is 6.04 Å². The molecule has 0 fully saturated rings. The third kappa shape index (κ3) is 20.7. The molecule has 0 aliphatic rings. The van der Waals surface area contributed by atoms with Crippen molar-refractivity contribution in [1.82, 2.24) is 16.0 Å². The molecule has 1 rings (SSSR count). The average Bonchev–Trinajstić information content (AvgIpc) is 2.84. The van der Waals surface area contributed by atoms with Crippen molar-refractivity contribution < 1.29 is 23.9 Å². The SMILES string of the molecule is CC.CCC.CN.CNCC(=O)NC(CCCNC=O)C(=O)Nc1ccc(COC=O)cc1. The zero-order valence-electron chi connectivity index (χ0n) is 20.9. The molecule has 0 bridgehead atoms. The lowest BCUT2D eigenvalue weighted by atomic mass is 10.1. The highest BCUT2D eigenvalue weighted by molar-refractivity contribution is 5.97. The Balaban J connectivity index is -0.00000115. The Hall–Kier alpha value is -2.98. The van der Waals surface area contributed by atoms with Gasteiger partial charge in [-0.2, -0.15) is 0 Å². The minimum absolute atomic E-state index is 0.0990. The lowest BCUT2D eigenvalue weighted by Crippen LogP contribution is -2.46. The number of hydrogen-bond acceptors (Lipinski definition) is 7. The summed E-state index contributed by atoms with van der Waals surface area (Å²) in [5.74, 6) is -0.644. The van der Waals surface area contributed by atoms with Crippen LogP contribution in [0.15, 0.2) is 24.3 Å². The fourth-order valence-electron chi connectivity index (χ4n) is 2.19. The van der Waals surface area contributed by atoms with Crippen LogP contribution in [-0.2, 0) is 30.5 Å². The smallest absolute Gasteiger partial charge is 0.293 e. The topological polar surface area (TPSA) is 152 Å². The van der Waals surface area contributed by atoms with E-state index in [1.165, 1.54) is 13.5 Å². The maximum absolute atomic E-state index is 12.5. The fourth-order valence-corrected chi connectivity index (χ4v) is 2.19. The van der Waals surface area contributed by atoms with Gasteiger partial charge in [0.25, 0.3) is 6.47 Å². The molecule has 0 heterocycles. The van der Waals surface area contributed by atoms with Crippen LogP contribution in [-0.4, -0.2) is 57.9 Å². The zero-order chi connectivity index (χ0) is 25.9. The zero-order valence-corrected chi connectivity index (χ0v) is 20.9. The Bertz CT molecular complexity index is 612. The Morgan fingerprint density at radius 2 is 1.67 bits per heavy atom. The molecule has 33 heavy (non-hydrogen) atoms. The van der Waals surface area contributed by atoms with E-state index in [0.717, 1.165) is 5.56 Å². The number of anilines is 1. The van der Waals surface area contributed by atoms with Crippen LogP contribution in [0.5, 0.6) is 0 Å². The highest BCUT2D eigenvalue weighted by atomic mass is 16.5. The third-order valence-corrected chi connectivity index (χ3v) is 3.43. The molecule has 0 saturated heterocycles. The normalized spacial score (nSPS) is 9.67. The van der Waals surface area contributed by atoms with E-state index in [2.05, 4.69) is 45.6 Å². The number of carbonyl (C=O) groups excluding carboxylic acids is 4. The number of nitrogens with two attached hydrogens (primary N) is 1. The van der Waals surface area contributed by atoms with Gasteiger partial charge in [0.15, 0.2) is 0 Å². The summed E-state index contributed by atoms with van der Waals surface area (Å²) in [6.07, 6.45) is 2.76. The largest absolute Gasteiger partial charge is 0.463 e. The van der Waals surface area contributed by atoms with Gasteiger partial charge in [0, 0.05) is 12.2 Å². The summed E-state index contributed by atoms with van der Waals surface area (Å²) in [4.78, 5) is 44.7. The number of ether oxygens (including phenoxy) is 1. The van der Waals surface area contributed by atoms with E-state index in [0.29, 0.717) is 38.0 Å². The van der Waals surface area contributed by atoms with Crippen molar-refractivity contribution in [3.8, 4) is 0 Å². The van der Waals surface area contributed by atoms with Crippen molar-refractivity contribution >= 4 is 30.4 Å². The van der Waals surface area contributed by atoms with Crippen molar-refractivity contribution in [2.45, 2.75) is 59.6 Å². The van der Waals surface area contributed by atoms with Crippen molar-refractivity contribution in [3.63, 3.8) is 0 Å². The van der Waals surface area contributed by atoms with Gasteiger partial charge in [0.05, 0.1) is 6.54 Å². The molecule has 1 atom stereocenters. The van der Waals surface area contributed by atoms with Crippen LogP contribution < -0.4 is 27.0 Å². The van der Waals surface area contributed by atoms with Crippen molar-refractivity contribution in [2.24, 2.45) is 5.73 Å². The molecule has 1 unspecified atom stereocenters. The minimum atomic E-state index is -0.720. The molecule has 6 N–H and O–H groups in total. The van der Waals surface area contributed by atoms with Crippen LogP contribution in [0.2, 0.25) is 0 Å².